The fourth-order valence-electron chi connectivity index (χ4n) is 2.19. The summed E-state index contributed by atoms with van der Waals surface area (Å²) in [5.74, 6) is -4.37. The highest BCUT2D eigenvalue weighted by molar-refractivity contribution is 5.95. The Labute approximate surface area is 109 Å². The van der Waals surface area contributed by atoms with Gasteiger partial charge in [0, 0.05) is 29.6 Å². The molecule has 2 unspecified atom stereocenters. The van der Waals surface area contributed by atoms with E-state index in [1.165, 1.54) is 0 Å². The number of hydrogen-bond donors (Lipinski definition) is 2. The van der Waals surface area contributed by atoms with Crippen LogP contribution in [0.2, 0.25) is 0 Å². The summed E-state index contributed by atoms with van der Waals surface area (Å²) in [5, 5.41) is 2.53. The summed E-state index contributed by atoms with van der Waals surface area (Å²) in [4.78, 5) is 11.8. The van der Waals surface area contributed by atoms with Crippen LogP contribution in [0.25, 0.3) is 0 Å². The highest BCUT2D eigenvalue weighted by Crippen LogP contribution is 2.39. The molecule has 2 atom stereocenters. The number of nitrogens with one attached hydrogen (secondary N) is 1. The summed E-state index contributed by atoms with van der Waals surface area (Å²) in [5.41, 5.74) is 4.69. The minimum atomic E-state index is -1.21. The van der Waals surface area contributed by atoms with Gasteiger partial charge in [0.1, 0.15) is 23.0 Å². The molecule has 1 fully saturated rings. The van der Waals surface area contributed by atoms with Crippen molar-refractivity contribution in [1.29, 1.82) is 0 Å². The van der Waals surface area contributed by atoms with Crippen LogP contribution in [-0.4, -0.2) is 18.0 Å². The van der Waals surface area contributed by atoms with Crippen LogP contribution >= 0.6 is 0 Å². The molecule has 19 heavy (non-hydrogen) atoms. The van der Waals surface area contributed by atoms with Crippen LogP contribution in [0.15, 0.2) is 12.1 Å². The Balaban J connectivity index is 2.18. The minimum Gasteiger partial charge on any atom is -0.348 e. The molecule has 0 aliphatic heterocycles. The van der Waals surface area contributed by atoms with E-state index in [0.717, 1.165) is 0 Å². The smallest absolute Gasteiger partial charge is 0.257 e. The molecule has 0 spiro atoms. The molecule has 1 aromatic rings. The third-order valence-corrected chi connectivity index (χ3v) is 3.88. The molecular formula is C13H15F3N2O. The quantitative estimate of drug-likeness (QED) is 0.864. The van der Waals surface area contributed by atoms with Gasteiger partial charge in [-0.05, 0) is 6.42 Å². The predicted octanol–water partition coefficient (Wildman–Crippen LogP) is 1.96. The predicted molar refractivity (Wildman–Crippen MR) is 63.9 cm³/mol. The average molecular weight is 272 g/mol. The van der Waals surface area contributed by atoms with Crippen LogP contribution < -0.4 is 11.1 Å². The summed E-state index contributed by atoms with van der Waals surface area (Å²) in [6, 6.07) is 0.644. The molecule has 2 rings (SSSR count). The molecule has 1 amide bonds. The Kier molecular flexibility index (Phi) is 3.30. The van der Waals surface area contributed by atoms with Crippen LogP contribution in [0, 0.1) is 22.9 Å². The fraction of sp³-hybridized carbons (Fsp3) is 0.462. The van der Waals surface area contributed by atoms with Crippen LogP contribution in [0.1, 0.15) is 30.6 Å². The van der Waals surface area contributed by atoms with Gasteiger partial charge in [0.25, 0.3) is 5.91 Å². The molecule has 0 saturated heterocycles. The second-order valence-electron chi connectivity index (χ2n) is 5.43. The first-order chi connectivity index (χ1) is 8.73. The van der Waals surface area contributed by atoms with Crippen molar-refractivity contribution in [2.24, 2.45) is 11.1 Å². The number of hydrogen-bond acceptors (Lipinski definition) is 2. The minimum absolute atomic E-state index is 0.0688. The summed E-state index contributed by atoms with van der Waals surface area (Å²) in [6.07, 6.45) is 0.545. The van der Waals surface area contributed by atoms with Crippen LogP contribution in [0.4, 0.5) is 13.2 Å². The molecule has 1 aliphatic carbocycles. The fourth-order valence-corrected chi connectivity index (χ4v) is 2.19. The van der Waals surface area contributed by atoms with Gasteiger partial charge in [-0.15, -0.1) is 0 Å². The van der Waals surface area contributed by atoms with E-state index in [1.807, 2.05) is 13.8 Å². The van der Waals surface area contributed by atoms with Gasteiger partial charge in [0.2, 0.25) is 0 Å². The van der Waals surface area contributed by atoms with Gasteiger partial charge in [-0.2, -0.15) is 0 Å². The normalized spacial score (nSPS) is 24.7. The molecule has 0 radical (unpaired) electrons. The van der Waals surface area contributed by atoms with Gasteiger partial charge in [-0.3, -0.25) is 4.79 Å². The summed E-state index contributed by atoms with van der Waals surface area (Å²) >= 11 is 0. The van der Waals surface area contributed by atoms with E-state index in [2.05, 4.69) is 5.32 Å². The zero-order valence-corrected chi connectivity index (χ0v) is 10.6. The highest BCUT2D eigenvalue weighted by Gasteiger charge is 2.47. The number of rotatable bonds is 2. The highest BCUT2D eigenvalue weighted by atomic mass is 19.1. The molecular weight excluding hydrogens is 257 g/mol. The maximum absolute atomic E-state index is 13.4. The lowest BCUT2D eigenvalue weighted by atomic mass is 9.63. The molecule has 0 heterocycles. The number of amides is 1. The lowest BCUT2D eigenvalue weighted by Gasteiger charge is -2.50. The number of carbonyl (C=O) groups excluding carboxylic acids is 1. The van der Waals surface area contributed by atoms with Gasteiger partial charge in [-0.25, -0.2) is 13.2 Å². The van der Waals surface area contributed by atoms with Crippen molar-refractivity contribution >= 4 is 5.91 Å². The lowest BCUT2D eigenvalue weighted by molar-refractivity contribution is 0.0581. The molecule has 104 valence electrons. The maximum atomic E-state index is 13.4. The second-order valence-corrected chi connectivity index (χ2v) is 5.43. The van der Waals surface area contributed by atoms with Gasteiger partial charge >= 0.3 is 0 Å². The monoisotopic (exact) mass is 272 g/mol. The van der Waals surface area contributed by atoms with Gasteiger partial charge in [0.05, 0.1) is 0 Å². The summed E-state index contributed by atoms with van der Waals surface area (Å²) < 4.78 is 39.6. The lowest BCUT2D eigenvalue weighted by Crippen LogP contribution is -2.64. The molecule has 6 heteroatoms. The van der Waals surface area contributed by atoms with E-state index >= 15 is 0 Å². The van der Waals surface area contributed by atoms with Gasteiger partial charge in [-0.1, -0.05) is 13.8 Å². The van der Waals surface area contributed by atoms with Crippen molar-refractivity contribution in [1.82, 2.24) is 5.32 Å². The van der Waals surface area contributed by atoms with Crippen molar-refractivity contribution in [3.05, 3.63) is 35.1 Å². The molecule has 1 saturated carbocycles. The molecule has 3 nitrogen and oxygen atoms in total. The van der Waals surface area contributed by atoms with Crippen LogP contribution in [-0.2, 0) is 0 Å². The first-order valence-corrected chi connectivity index (χ1v) is 5.94. The van der Waals surface area contributed by atoms with Crippen LogP contribution in [0.3, 0.4) is 0 Å². The van der Waals surface area contributed by atoms with E-state index in [1.54, 1.807) is 0 Å². The molecule has 3 N–H and O–H groups in total. The summed E-state index contributed by atoms with van der Waals surface area (Å²) in [6.45, 7) is 3.73. The average Bonchev–Trinajstić information content (AvgIpc) is 2.27. The van der Waals surface area contributed by atoms with Crippen molar-refractivity contribution in [3.8, 4) is 0 Å². The number of benzene rings is 1. The van der Waals surface area contributed by atoms with E-state index in [4.69, 9.17) is 5.73 Å². The first-order valence-electron chi connectivity index (χ1n) is 5.94. The SMILES string of the molecule is CC1(C)C(N)CC1NC(=O)c1c(F)cc(F)cc1F. The number of nitrogens with two attached hydrogens (primary N) is 1. The van der Waals surface area contributed by atoms with E-state index < -0.39 is 28.9 Å². The summed E-state index contributed by atoms with van der Waals surface area (Å²) in [7, 11) is 0. The third kappa shape index (κ3) is 2.32. The second kappa shape index (κ2) is 4.52. The zero-order chi connectivity index (χ0) is 14.4. The van der Waals surface area contributed by atoms with Crippen molar-refractivity contribution in [2.45, 2.75) is 32.4 Å². The van der Waals surface area contributed by atoms with E-state index in [0.29, 0.717) is 18.6 Å². The topological polar surface area (TPSA) is 55.1 Å². The van der Waals surface area contributed by atoms with Gasteiger partial charge in [0.15, 0.2) is 0 Å². The largest absolute Gasteiger partial charge is 0.348 e. The van der Waals surface area contributed by atoms with Crippen molar-refractivity contribution in [3.63, 3.8) is 0 Å². The third-order valence-electron chi connectivity index (χ3n) is 3.88. The molecule has 1 aliphatic rings. The first kappa shape index (κ1) is 13.9. The van der Waals surface area contributed by atoms with Crippen molar-refractivity contribution < 1.29 is 18.0 Å². The molecule has 0 bridgehead atoms. The Bertz CT molecular complexity index is 508. The number of halogens is 3. The molecule has 1 aromatic carbocycles. The van der Waals surface area contributed by atoms with Crippen molar-refractivity contribution in [2.75, 3.05) is 0 Å². The Morgan fingerprint density at radius 1 is 1.32 bits per heavy atom. The van der Waals surface area contributed by atoms with E-state index in [9.17, 15) is 18.0 Å². The molecule has 0 aromatic heterocycles. The zero-order valence-electron chi connectivity index (χ0n) is 10.6. The Morgan fingerprint density at radius 2 is 1.84 bits per heavy atom. The van der Waals surface area contributed by atoms with E-state index in [-0.39, 0.29) is 17.5 Å². The Morgan fingerprint density at radius 3 is 2.26 bits per heavy atom. The van der Waals surface area contributed by atoms with Crippen LogP contribution in [0.5, 0.6) is 0 Å². The Hall–Kier alpha value is -1.56. The standard InChI is InChI=1S/C13H15F3N2O/c1-13(2)9(17)5-10(13)18-12(19)11-7(15)3-6(14)4-8(11)16/h3-4,9-10H,5,17H2,1-2H3,(H,18,19). The van der Waals surface area contributed by atoms with Gasteiger partial charge < -0.3 is 11.1 Å². The number of carbonyl (C=O) groups is 1. The maximum Gasteiger partial charge on any atom is 0.257 e.